The SMILES string of the molecule is O=P#CCCCCCCCCCCCS(=O)(=O)O. The fraction of sp³-hybridized carbons (Fsp3) is 0.917. The molecule has 106 valence electrons. The molecule has 0 aliphatic heterocycles. The third-order valence-electron chi connectivity index (χ3n) is 2.76. The summed E-state index contributed by atoms with van der Waals surface area (Å²) in [5, 5.41) is 0. The van der Waals surface area contributed by atoms with Crippen LogP contribution in [-0.2, 0) is 14.7 Å². The summed E-state index contributed by atoms with van der Waals surface area (Å²) in [6.45, 7) is 0. The summed E-state index contributed by atoms with van der Waals surface area (Å²) in [6.07, 6.45) is 10.2. The molecule has 0 amide bonds. The van der Waals surface area contributed by atoms with Crippen LogP contribution in [-0.4, -0.2) is 18.7 Å². The summed E-state index contributed by atoms with van der Waals surface area (Å²) < 4.78 is 39.5. The van der Waals surface area contributed by atoms with Crippen molar-refractivity contribution in [3.05, 3.63) is 0 Å². The van der Waals surface area contributed by atoms with Gasteiger partial charge in [-0.05, 0) is 0 Å². The monoisotopic (exact) mass is 294 g/mol. The van der Waals surface area contributed by atoms with E-state index in [1.54, 1.807) is 0 Å². The van der Waals surface area contributed by atoms with E-state index in [9.17, 15) is 13.0 Å². The van der Waals surface area contributed by atoms with E-state index < -0.39 is 10.1 Å². The topological polar surface area (TPSA) is 71.4 Å². The third-order valence-corrected chi connectivity index (χ3v) is 3.91. The average molecular weight is 294 g/mol. The Morgan fingerprint density at radius 2 is 1.28 bits per heavy atom. The molecule has 0 fully saturated rings. The summed E-state index contributed by atoms with van der Waals surface area (Å²) in [4.78, 5) is 0. The molecule has 0 unspecified atom stereocenters. The van der Waals surface area contributed by atoms with Gasteiger partial charge >= 0.3 is 88.1 Å². The molecule has 0 rings (SSSR count). The van der Waals surface area contributed by atoms with Crippen LogP contribution in [0, 0.1) is 5.63 Å². The summed E-state index contributed by atoms with van der Waals surface area (Å²) >= 11 is 0. The molecule has 0 aliphatic carbocycles. The minimum atomic E-state index is -3.77. The van der Waals surface area contributed by atoms with Crippen molar-refractivity contribution in [2.45, 2.75) is 64.2 Å². The Balaban J connectivity index is 3.11. The van der Waals surface area contributed by atoms with E-state index in [4.69, 9.17) is 4.55 Å². The van der Waals surface area contributed by atoms with Gasteiger partial charge in [0.15, 0.2) is 0 Å². The first kappa shape index (κ1) is 17.9. The molecular formula is C12H23O4PS. The van der Waals surface area contributed by atoms with E-state index in [2.05, 4.69) is 5.63 Å². The zero-order valence-electron chi connectivity index (χ0n) is 10.8. The van der Waals surface area contributed by atoms with Crippen LogP contribution in [0.4, 0.5) is 0 Å². The first-order chi connectivity index (χ1) is 8.56. The molecule has 4 nitrogen and oxygen atoms in total. The molecule has 18 heavy (non-hydrogen) atoms. The van der Waals surface area contributed by atoms with E-state index in [0.717, 1.165) is 38.5 Å². The van der Waals surface area contributed by atoms with Crippen LogP contribution in [0.3, 0.4) is 0 Å². The van der Waals surface area contributed by atoms with Crippen molar-refractivity contribution in [2.24, 2.45) is 0 Å². The fourth-order valence-electron chi connectivity index (χ4n) is 1.77. The van der Waals surface area contributed by atoms with Crippen LogP contribution in [0.15, 0.2) is 0 Å². The van der Waals surface area contributed by atoms with Crippen LogP contribution >= 0.6 is 7.92 Å². The molecule has 0 spiro atoms. The summed E-state index contributed by atoms with van der Waals surface area (Å²) in [5.41, 5.74) is 2.73. The number of hydrogen-bond donors (Lipinski definition) is 1. The van der Waals surface area contributed by atoms with Crippen molar-refractivity contribution in [1.29, 1.82) is 0 Å². The molecule has 0 aromatic rings. The zero-order valence-corrected chi connectivity index (χ0v) is 12.5. The van der Waals surface area contributed by atoms with Crippen LogP contribution in [0.1, 0.15) is 64.2 Å². The average Bonchev–Trinajstić information content (AvgIpc) is 2.29. The van der Waals surface area contributed by atoms with Gasteiger partial charge in [0.2, 0.25) is 0 Å². The van der Waals surface area contributed by atoms with E-state index in [1.807, 2.05) is 0 Å². The zero-order chi connectivity index (χ0) is 13.7. The number of rotatable bonds is 11. The van der Waals surface area contributed by atoms with Crippen LogP contribution in [0.5, 0.6) is 0 Å². The van der Waals surface area contributed by atoms with Gasteiger partial charge < -0.3 is 0 Å². The van der Waals surface area contributed by atoms with Gasteiger partial charge in [-0.3, -0.25) is 4.55 Å². The van der Waals surface area contributed by atoms with Crippen molar-refractivity contribution < 1.29 is 17.5 Å². The van der Waals surface area contributed by atoms with Crippen LogP contribution in [0.2, 0.25) is 0 Å². The maximum absolute atomic E-state index is 10.4. The summed E-state index contributed by atoms with van der Waals surface area (Å²) in [6, 6.07) is 0. The van der Waals surface area contributed by atoms with E-state index in [-0.39, 0.29) is 13.7 Å². The predicted molar refractivity (Wildman–Crippen MR) is 74.1 cm³/mol. The Kier molecular flexibility index (Phi) is 11.9. The van der Waals surface area contributed by atoms with Crippen molar-refractivity contribution in [1.82, 2.24) is 0 Å². The maximum atomic E-state index is 10.4. The van der Waals surface area contributed by atoms with Crippen LogP contribution in [0.25, 0.3) is 0 Å². The smallest absolute Gasteiger partial charge is 0.286 e. The second-order valence-corrected chi connectivity index (χ2v) is 6.54. The van der Waals surface area contributed by atoms with E-state index in [0.29, 0.717) is 6.42 Å². The standard InChI is InChI=1S/C12H23O4PS/c13-17-11-9-7-5-3-1-2-4-6-8-10-12-18(14,15)16/h1-10,12H2,(H,14,15,16). The Labute approximate surface area is 111 Å². The first-order valence-corrected chi connectivity index (χ1v) is 8.99. The molecule has 0 aromatic heterocycles. The summed E-state index contributed by atoms with van der Waals surface area (Å²) in [5.74, 6) is -0.112. The molecule has 0 aliphatic rings. The van der Waals surface area contributed by atoms with Gasteiger partial charge in [0, 0.05) is 0 Å². The third kappa shape index (κ3) is 15.9. The van der Waals surface area contributed by atoms with Crippen molar-refractivity contribution in [3.8, 4) is 5.63 Å². The second-order valence-electron chi connectivity index (χ2n) is 4.47. The van der Waals surface area contributed by atoms with E-state index >= 15 is 0 Å². The number of hydrogen-bond acceptors (Lipinski definition) is 3. The van der Waals surface area contributed by atoms with Gasteiger partial charge in [0.1, 0.15) is 0 Å². The molecule has 0 atom stereocenters. The Bertz CT molecular complexity index is 385. The minimum Gasteiger partial charge on any atom is -0.286 e. The van der Waals surface area contributed by atoms with Gasteiger partial charge in [-0.1, -0.05) is 0 Å². The van der Waals surface area contributed by atoms with E-state index in [1.165, 1.54) is 19.3 Å². The molecule has 0 saturated heterocycles. The molecule has 0 aromatic carbocycles. The Morgan fingerprint density at radius 3 is 1.72 bits per heavy atom. The fourth-order valence-corrected chi connectivity index (χ4v) is 2.59. The van der Waals surface area contributed by atoms with Crippen molar-refractivity contribution >= 4 is 18.0 Å². The molecule has 0 heterocycles. The number of unbranched alkanes of at least 4 members (excludes halogenated alkanes) is 9. The van der Waals surface area contributed by atoms with Gasteiger partial charge in [-0.25, -0.2) is 0 Å². The van der Waals surface area contributed by atoms with Crippen LogP contribution < -0.4 is 0 Å². The molecule has 1 N–H and O–H groups in total. The summed E-state index contributed by atoms with van der Waals surface area (Å²) in [7, 11) is -3.75. The van der Waals surface area contributed by atoms with Crippen molar-refractivity contribution in [3.63, 3.8) is 0 Å². The Hall–Kier alpha value is -0.0800. The van der Waals surface area contributed by atoms with Crippen molar-refractivity contribution in [2.75, 3.05) is 5.75 Å². The molecule has 0 radical (unpaired) electrons. The minimum absolute atomic E-state index is 0.0135. The first-order valence-electron chi connectivity index (χ1n) is 6.56. The van der Waals surface area contributed by atoms with Gasteiger partial charge in [0.25, 0.3) is 10.1 Å². The molecule has 6 heteroatoms. The molecule has 0 bridgehead atoms. The predicted octanol–water partition coefficient (Wildman–Crippen LogP) is 4.03. The second kappa shape index (κ2) is 12.0. The van der Waals surface area contributed by atoms with Gasteiger partial charge in [-0.15, -0.1) is 0 Å². The molecule has 0 saturated carbocycles. The quantitative estimate of drug-likeness (QED) is 0.355. The van der Waals surface area contributed by atoms with Gasteiger partial charge in [0.05, 0.1) is 0 Å². The normalized spacial score (nSPS) is 11.2. The molecular weight excluding hydrogens is 271 g/mol. The van der Waals surface area contributed by atoms with Gasteiger partial charge in [-0.2, -0.15) is 8.42 Å². The Morgan fingerprint density at radius 1 is 0.833 bits per heavy atom.